The van der Waals surface area contributed by atoms with Gasteiger partial charge in [0.15, 0.2) is 0 Å². The first-order valence-electron chi connectivity index (χ1n) is 5.75. The molecule has 0 saturated carbocycles. The minimum Gasteiger partial charge on any atom is -0.370 e. The molecule has 0 aliphatic carbocycles. The third kappa shape index (κ3) is 3.50. The van der Waals surface area contributed by atoms with E-state index in [0.29, 0.717) is 5.56 Å². The molecule has 0 radical (unpaired) electrons. The number of nitrogens with zero attached hydrogens (tertiary/aromatic N) is 2. The number of nitriles is 1. The highest BCUT2D eigenvalue weighted by atomic mass is 79.9. The zero-order valence-electron chi connectivity index (χ0n) is 10.4. The van der Waals surface area contributed by atoms with Gasteiger partial charge in [-0.1, -0.05) is 23.7 Å². The number of halogens is 2. The van der Waals surface area contributed by atoms with Crippen molar-refractivity contribution in [1.29, 1.82) is 5.26 Å². The van der Waals surface area contributed by atoms with Crippen molar-refractivity contribution in [2.24, 2.45) is 0 Å². The van der Waals surface area contributed by atoms with Crippen molar-refractivity contribution in [3.63, 3.8) is 0 Å². The van der Waals surface area contributed by atoms with Crippen molar-refractivity contribution in [2.45, 2.75) is 6.54 Å². The summed E-state index contributed by atoms with van der Waals surface area (Å²) in [6, 6.07) is 15.7. The summed E-state index contributed by atoms with van der Waals surface area (Å²) in [4.78, 5) is 2.12. The summed E-state index contributed by atoms with van der Waals surface area (Å²) in [7, 11) is 2.02. The molecule has 4 heteroatoms. The molecule has 2 aromatic carbocycles. The van der Waals surface area contributed by atoms with Gasteiger partial charge in [-0.25, -0.2) is 0 Å². The average Bonchev–Trinajstić information content (AvgIpc) is 2.41. The Labute approximate surface area is 126 Å². The Morgan fingerprint density at radius 2 is 1.89 bits per heavy atom. The highest BCUT2D eigenvalue weighted by Crippen LogP contribution is 2.24. The molecule has 0 N–H and O–H groups in total. The first-order chi connectivity index (χ1) is 9.10. The van der Waals surface area contributed by atoms with Gasteiger partial charge in [0.05, 0.1) is 5.56 Å². The van der Waals surface area contributed by atoms with Gasteiger partial charge in [-0.05, 0) is 51.8 Å². The van der Waals surface area contributed by atoms with Crippen LogP contribution >= 0.6 is 27.5 Å². The van der Waals surface area contributed by atoms with Crippen molar-refractivity contribution >= 4 is 33.2 Å². The summed E-state index contributed by atoms with van der Waals surface area (Å²) in [5, 5.41) is 9.65. The molecule has 0 atom stereocenters. The third-order valence-corrected chi connectivity index (χ3v) is 3.75. The summed E-state index contributed by atoms with van der Waals surface area (Å²) in [6.07, 6.45) is 0. The fourth-order valence-corrected chi connectivity index (χ4v) is 2.37. The molecule has 2 nitrogen and oxygen atoms in total. The van der Waals surface area contributed by atoms with E-state index in [9.17, 15) is 0 Å². The molecule has 0 aliphatic heterocycles. The standard InChI is InChI=1S/C15H12BrClN2/c1-19(10-11-2-5-13(17)6-3-11)14-7-4-12(9-18)15(16)8-14/h2-8H,10H2,1H3. The molecule has 0 unspecified atom stereocenters. The summed E-state index contributed by atoms with van der Waals surface area (Å²) in [5.74, 6) is 0. The molecule has 96 valence electrons. The first-order valence-corrected chi connectivity index (χ1v) is 6.92. The summed E-state index contributed by atoms with van der Waals surface area (Å²) in [6.45, 7) is 0.787. The Hall–Kier alpha value is -1.50. The average molecular weight is 336 g/mol. The van der Waals surface area contributed by atoms with Crippen LogP contribution in [0.2, 0.25) is 5.02 Å². The molecule has 19 heavy (non-hydrogen) atoms. The van der Waals surface area contributed by atoms with E-state index >= 15 is 0 Å². The lowest BCUT2D eigenvalue weighted by atomic mass is 10.2. The molecule has 0 amide bonds. The number of benzene rings is 2. The second-order valence-electron chi connectivity index (χ2n) is 4.26. The van der Waals surface area contributed by atoms with Crippen LogP contribution in [0.15, 0.2) is 46.9 Å². The number of hydrogen-bond donors (Lipinski definition) is 0. The SMILES string of the molecule is CN(Cc1ccc(Cl)cc1)c1ccc(C#N)c(Br)c1. The van der Waals surface area contributed by atoms with Crippen LogP contribution in [0, 0.1) is 11.3 Å². The van der Waals surface area contributed by atoms with E-state index in [1.54, 1.807) is 0 Å². The maximum atomic E-state index is 8.90. The smallest absolute Gasteiger partial charge is 0.100 e. The molecule has 0 aliphatic rings. The van der Waals surface area contributed by atoms with E-state index in [1.165, 1.54) is 5.56 Å². The molecular formula is C15H12BrClN2. The quantitative estimate of drug-likeness (QED) is 0.819. The highest BCUT2D eigenvalue weighted by Gasteiger charge is 2.05. The van der Waals surface area contributed by atoms with Crippen LogP contribution in [0.25, 0.3) is 0 Å². The third-order valence-electron chi connectivity index (χ3n) is 2.85. The van der Waals surface area contributed by atoms with Crippen molar-refractivity contribution in [1.82, 2.24) is 0 Å². The molecule has 0 aromatic heterocycles. The molecule has 2 rings (SSSR count). The Morgan fingerprint density at radius 3 is 2.47 bits per heavy atom. The molecule has 0 heterocycles. The van der Waals surface area contributed by atoms with Gasteiger partial charge in [0.2, 0.25) is 0 Å². The number of hydrogen-bond acceptors (Lipinski definition) is 2. The van der Waals surface area contributed by atoms with E-state index in [0.717, 1.165) is 21.7 Å². The first kappa shape index (κ1) is 13.9. The van der Waals surface area contributed by atoms with Gasteiger partial charge in [-0.2, -0.15) is 5.26 Å². The van der Waals surface area contributed by atoms with Crippen LogP contribution in [-0.4, -0.2) is 7.05 Å². The van der Waals surface area contributed by atoms with Crippen molar-refractivity contribution in [2.75, 3.05) is 11.9 Å². The summed E-state index contributed by atoms with van der Waals surface area (Å²) in [5.41, 5.74) is 2.89. The second kappa shape index (κ2) is 6.10. The zero-order chi connectivity index (χ0) is 13.8. The van der Waals surface area contributed by atoms with Crippen LogP contribution in [0.4, 0.5) is 5.69 Å². The molecule has 0 bridgehead atoms. The van der Waals surface area contributed by atoms with E-state index in [-0.39, 0.29) is 0 Å². The Kier molecular flexibility index (Phi) is 4.47. The van der Waals surface area contributed by atoms with E-state index < -0.39 is 0 Å². The maximum absolute atomic E-state index is 8.90. The molecule has 0 spiro atoms. The van der Waals surface area contributed by atoms with Gasteiger partial charge in [0.25, 0.3) is 0 Å². The Morgan fingerprint density at radius 1 is 1.21 bits per heavy atom. The van der Waals surface area contributed by atoms with E-state index in [1.807, 2.05) is 49.5 Å². The predicted octanol–water partition coefficient (Wildman–Crippen LogP) is 4.61. The summed E-state index contributed by atoms with van der Waals surface area (Å²) >= 11 is 9.27. The van der Waals surface area contributed by atoms with Gasteiger partial charge >= 0.3 is 0 Å². The molecule has 2 aromatic rings. The van der Waals surface area contributed by atoms with Crippen LogP contribution < -0.4 is 4.90 Å². The van der Waals surface area contributed by atoms with Gasteiger partial charge in [0, 0.05) is 28.8 Å². The molecule has 0 fully saturated rings. The normalized spacial score (nSPS) is 10.0. The van der Waals surface area contributed by atoms with E-state index in [2.05, 4.69) is 26.9 Å². The fourth-order valence-electron chi connectivity index (χ4n) is 1.79. The topological polar surface area (TPSA) is 27.0 Å². The number of anilines is 1. The van der Waals surface area contributed by atoms with Crippen LogP contribution in [0.3, 0.4) is 0 Å². The van der Waals surface area contributed by atoms with Gasteiger partial charge in [0.1, 0.15) is 6.07 Å². The molecule has 0 saturated heterocycles. The maximum Gasteiger partial charge on any atom is 0.100 e. The Balaban J connectivity index is 2.16. The van der Waals surface area contributed by atoms with Crippen molar-refractivity contribution in [3.05, 3.63) is 63.1 Å². The van der Waals surface area contributed by atoms with E-state index in [4.69, 9.17) is 16.9 Å². The monoisotopic (exact) mass is 334 g/mol. The second-order valence-corrected chi connectivity index (χ2v) is 5.55. The van der Waals surface area contributed by atoms with Crippen LogP contribution in [-0.2, 0) is 6.54 Å². The Bertz CT molecular complexity index is 617. The zero-order valence-corrected chi connectivity index (χ0v) is 12.7. The van der Waals surface area contributed by atoms with Crippen LogP contribution in [0.5, 0.6) is 0 Å². The van der Waals surface area contributed by atoms with Crippen LogP contribution in [0.1, 0.15) is 11.1 Å². The van der Waals surface area contributed by atoms with Gasteiger partial charge < -0.3 is 4.90 Å². The lowest BCUT2D eigenvalue weighted by Gasteiger charge is -2.20. The van der Waals surface area contributed by atoms with Gasteiger partial charge in [-0.3, -0.25) is 0 Å². The van der Waals surface area contributed by atoms with Gasteiger partial charge in [-0.15, -0.1) is 0 Å². The van der Waals surface area contributed by atoms with Crippen molar-refractivity contribution in [3.8, 4) is 6.07 Å². The highest BCUT2D eigenvalue weighted by molar-refractivity contribution is 9.10. The summed E-state index contributed by atoms with van der Waals surface area (Å²) < 4.78 is 0.815. The predicted molar refractivity (Wildman–Crippen MR) is 82.4 cm³/mol. The number of rotatable bonds is 3. The lowest BCUT2D eigenvalue weighted by Crippen LogP contribution is -2.16. The largest absolute Gasteiger partial charge is 0.370 e. The van der Waals surface area contributed by atoms with Crippen molar-refractivity contribution < 1.29 is 0 Å². The fraction of sp³-hybridized carbons (Fsp3) is 0.133. The minimum atomic E-state index is 0.642. The molecular weight excluding hydrogens is 324 g/mol. The minimum absolute atomic E-state index is 0.642. The lowest BCUT2D eigenvalue weighted by molar-refractivity contribution is 0.922.